The highest BCUT2D eigenvalue weighted by Gasteiger charge is 2.05. The third-order valence-corrected chi connectivity index (χ3v) is 2.42. The van der Waals surface area contributed by atoms with Gasteiger partial charge in [0.2, 0.25) is 0 Å². The molecule has 16 heavy (non-hydrogen) atoms. The van der Waals surface area contributed by atoms with Crippen LogP contribution < -0.4 is 5.73 Å². The first-order chi connectivity index (χ1) is 7.63. The van der Waals surface area contributed by atoms with E-state index in [4.69, 9.17) is 22.4 Å². The molecule has 0 saturated carbocycles. The van der Waals surface area contributed by atoms with E-state index in [0.717, 1.165) is 12.0 Å². The van der Waals surface area contributed by atoms with E-state index in [0.29, 0.717) is 17.1 Å². The number of carboxylic acid groups (broad SMARTS) is 1. The molecule has 1 aromatic rings. The molecule has 0 saturated heterocycles. The van der Waals surface area contributed by atoms with Gasteiger partial charge in [0.15, 0.2) is 0 Å². The predicted octanol–water partition coefficient (Wildman–Crippen LogP) is 2.33. The quantitative estimate of drug-likeness (QED) is 0.829. The van der Waals surface area contributed by atoms with Crippen molar-refractivity contribution in [2.45, 2.75) is 12.8 Å². The van der Waals surface area contributed by atoms with Gasteiger partial charge in [-0.2, -0.15) is 0 Å². The zero-order chi connectivity index (χ0) is 12.0. The lowest BCUT2D eigenvalue weighted by Gasteiger charge is -2.02. The van der Waals surface area contributed by atoms with Gasteiger partial charge in [0.25, 0.3) is 0 Å². The molecule has 0 fully saturated rings. The highest BCUT2D eigenvalue weighted by Crippen LogP contribution is 2.19. The molecule has 0 spiro atoms. The average molecular weight is 240 g/mol. The van der Waals surface area contributed by atoms with E-state index in [2.05, 4.69) is 0 Å². The number of carbonyl (C=O) groups is 1. The minimum Gasteiger partial charge on any atom is -0.481 e. The lowest BCUT2D eigenvalue weighted by atomic mass is 10.1. The Morgan fingerprint density at radius 3 is 2.88 bits per heavy atom. The molecule has 0 heterocycles. The molecule has 1 aromatic carbocycles. The van der Waals surface area contributed by atoms with Crippen molar-refractivity contribution in [2.75, 3.05) is 6.54 Å². The molecule has 0 amide bonds. The van der Waals surface area contributed by atoms with Gasteiger partial charge < -0.3 is 10.8 Å². The fourth-order valence-electron chi connectivity index (χ4n) is 1.31. The number of aliphatic carboxylic acids is 1. The number of nitrogens with two attached hydrogens (primary N) is 1. The first kappa shape index (κ1) is 12.7. The van der Waals surface area contributed by atoms with Crippen LogP contribution in [0.4, 0.5) is 0 Å². The Morgan fingerprint density at radius 2 is 2.25 bits per heavy atom. The van der Waals surface area contributed by atoms with Crippen LogP contribution in [0, 0.1) is 0 Å². The van der Waals surface area contributed by atoms with Gasteiger partial charge >= 0.3 is 5.97 Å². The van der Waals surface area contributed by atoms with Crippen molar-refractivity contribution >= 4 is 23.6 Å². The summed E-state index contributed by atoms with van der Waals surface area (Å²) in [6.45, 7) is 0.603. The van der Waals surface area contributed by atoms with Gasteiger partial charge in [0, 0.05) is 5.02 Å². The van der Waals surface area contributed by atoms with Gasteiger partial charge in [0.1, 0.15) is 0 Å². The van der Waals surface area contributed by atoms with Crippen molar-refractivity contribution in [3.63, 3.8) is 0 Å². The number of carboxylic acids is 1. The number of halogens is 1. The summed E-state index contributed by atoms with van der Waals surface area (Å²) in [6, 6.07) is 5.34. The van der Waals surface area contributed by atoms with E-state index < -0.39 is 5.97 Å². The number of benzene rings is 1. The smallest absolute Gasteiger partial charge is 0.307 e. The van der Waals surface area contributed by atoms with Crippen LogP contribution >= 0.6 is 11.6 Å². The third-order valence-electron chi connectivity index (χ3n) is 2.06. The van der Waals surface area contributed by atoms with Gasteiger partial charge in [-0.05, 0) is 36.2 Å². The molecule has 0 aliphatic carbocycles. The van der Waals surface area contributed by atoms with Crippen LogP contribution in [0.3, 0.4) is 0 Å². The Kier molecular flexibility index (Phi) is 5.02. The summed E-state index contributed by atoms with van der Waals surface area (Å²) in [7, 11) is 0. The van der Waals surface area contributed by atoms with Crippen LogP contribution in [-0.2, 0) is 11.2 Å². The Hall–Kier alpha value is -1.32. The normalized spacial score (nSPS) is 10.9. The van der Waals surface area contributed by atoms with E-state index in [-0.39, 0.29) is 6.42 Å². The molecular formula is C12H14ClNO2. The standard InChI is InChI=1S/C12H14ClNO2/c13-11-5-4-9(3-1-2-6-14)7-10(11)8-12(15)16/h1,3-5,7H,2,6,8,14H2,(H,15,16). The Labute approximate surface area is 99.5 Å². The zero-order valence-corrected chi connectivity index (χ0v) is 9.57. The topological polar surface area (TPSA) is 63.3 Å². The predicted molar refractivity (Wildman–Crippen MR) is 65.5 cm³/mol. The molecule has 0 unspecified atom stereocenters. The van der Waals surface area contributed by atoms with Gasteiger partial charge in [-0.1, -0.05) is 29.8 Å². The molecule has 0 aliphatic heterocycles. The van der Waals surface area contributed by atoms with E-state index in [1.54, 1.807) is 12.1 Å². The maximum absolute atomic E-state index is 10.6. The minimum absolute atomic E-state index is 0.0581. The highest BCUT2D eigenvalue weighted by molar-refractivity contribution is 6.31. The summed E-state index contributed by atoms with van der Waals surface area (Å²) < 4.78 is 0. The van der Waals surface area contributed by atoms with Gasteiger partial charge in [0.05, 0.1) is 6.42 Å². The molecule has 86 valence electrons. The van der Waals surface area contributed by atoms with Crippen LogP contribution in [0.5, 0.6) is 0 Å². The van der Waals surface area contributed by atoms with Crippen LogP contribution in [0.1, 0.15) is 17.5 Å². The first-order valence-corrected chi connectivity index (χ1v) is 5.38. The maximum atomic E-state index is 10.6. The molecule has 0 bridgehead atoms. The zero-order valence-electron chi connectivity index (χ0n) is 8.82. The first-order valence-electron chi connectivity index (χ1n) is 5.00. The van der Waals surface area contributed by atoms with E-state index in [9.17, 15) is 4.79 Å². The molecule has 0 aromatic heterocycles. The second kappa shape index (κ2) is 6.30. The van der Waals surface area contributed by atoms with Crippen LogP contribution in [-0.4, -0.2) is 17.6 Å². The molecule has 0 aliphatic rings. The second-order valence-electron chi connectivity index (χ2n) is 3.40. The molecule has 3 N–H and O–H groups in total. The van der Waals surface area contributed by atoms with Crippen molar-refractivity contribution in [3.8, 4) is 0 Å². The van der Waals surface area contributed by atoms with Crippen molar-refractivity contribution in [2.24, 2.45) is 5.73 Å². The summed E-state index contributed by atoms with van der Waals surface area (Å²) in [5, 5.41) is 9.19. The Morgan fingerprint density at radius 1 is 1.50 bits per heavy atom. The molecular weight excluding hydrogens is 226 g/mol. The summed E-state index contributed by atoms with van der Waals surface area (Å²) >= 11 is 5.89. The summed E-state index contributed by atoms with van der Waals surface area (Å²) in [5.41, 5.74) is 6.93. The van der Waals surface area contributed by atoms with Gasteiger partial charge in [-0.3, -0.25) is 4.79 Å². The van der Waals surface area contributed by atoms with Crippen LogP contribution in [0.15, 0.2) is 24.3 Å². The van der Waals surface area contributed by atoms with E-state index >= 15 is 0 Å². The Bertz CT molecular complexity index is 402. The number of hydrogen-bond donors (Lipinski definition) is 2. The maximum Gasteiger partial charge on any atom is 0.307 e. The highest BCUT2D eigenvalue weighted by atomic mass is 35.5. The third kappa shape index (κ3) is 4.04. The van der Waals surface area contributed by atoms with Crippen molar-refractivity contribution in [3.05, 3.63) is 40.4 Å². The molecule has 1 rings (SSSR count). The lowest BCUT2D eigenvalue weighted by molar-refractivity contribution is -0.136. The number of hydrogen-bond acceptors (Lipinski definition) is 2. The minimum atomic E-state index is -0.884. The van der Waals surface area contributed by atoms with Gasteiger partial charge in [-0.25, -0.2) is 0 Å². The van der Waals surface area contributed by atoms with E-state index in [1.807, 2.05) is 18.2 Å². The van der Waals surface area contributed by atoms with Crippen molar-refractivity contribution < 1.29 is 9.90 Å². The summed E-state index contributed by atoms with van der Waals surface area (Å²) in [5.74, 6) is -0.884. The molecule has 0 atom stereocenters. The lowest BCUT2D eigenvalue weighted by Crippen LogP contribution is -2.00. The largest absolute Gasteiger partial charge is 0.481 e. The fraction of sp³-hybridized carbons (Fsp3) is 0.250. The van der Waals surface area contributed by atoms with E-state index in [1.165, 1.54) is 0 Å². The summed E-state index contributed by atoms with van der Waals surface area (Å²) in [6.07, 6.45) is 4.61. The molecule has 3 nitrogen and oxygen atoms in total. The Balaban J connectivity index is 2.84. The molecule has 0 radical (unpaired) electrons. The SMILES string of the molecule is NCCC=Cc1ccc(Cl)c(CC(=O)O)c1. The van der Waals surface area contributed by atoms with Crippen molar-refractivity contribution in [1.29, 1.82) is 0 Å². The number of rotatable bonds is 5. The van der Waals surface area contributed by atoms with Crippen molar-refractivity contribution in [1.82, 2.24) is 0 Å². The van der Waals surface area contributed by atoms with Gasteiger partial charge in [-0.15, -0.1) is 0 Å². The monoisotopic (exact) mass is 239 g/mol. The summed E-state index contributed by atoms with van der Waals surface area (Å²) in [4.78, 5) is 10.6. The second-order valence-corrected chi connectivity index (χ2v) is 3.81. The average Bonchev–Trinajstić information content (AvgIpc) is 2.22. The fourth-order valence-corrected chi connectivity index (χ4v) is 1.50. The van der Waals surface area contributed by atoms with Crippen LogP contribution in [0.2, 0.25) is 5.02 Å². The molecule has 4 heteroatoms. The van der Waals surface area contributed by atoms with Crippen LogP contribution in [0.25, 0.3) is 6.08 Å².